The lowest BCUT2D eigenvalue weighted by Crippen LogP contribution is -2.54. The van der Waals surface area contributed by atoms with Gasteiger partial charge in [-0.3, -0.25) is 9.69 Å². The van der Waals surface area contributed by atoms with Gasteiger partial charge < -0.3 is 9.84 Å². The van der Waals surface area contributed by atoms with Gasteiger partial charge >= 0.3 is 5.97 Å². The van der Waals surface area contributed by atoms with E-state index in [4.69, 9.17) is 9.84 Å². The monoisotopic (exact) mass is 287 g/mol. The first-order valence-corrected chi connectivity index (χ1v) is 8.39. The van der Waals surface area contributed by atoms with Crippen molar-refractivity contribution in [2.45, 2.75) is 57.2 Å². The van der Waals surface area contributed by atoms with Crippen molar-refractivity contribution in [2.75, 3.05) is 24.7 Å². The van der Waals surface area contributed by atoms with E-state index < -0.39 is 5.97 Å². The second-order valence-electron chi connectivity index (χ2n) is 5.86. The Morgan fingerprint density at radius 3 is 3.05 bits per heavy atom. The molecule has 110 valence electrons. The summed E-state index contributed by atoms with van der Waals surface area (Å²) in [5.41, 5.74) is -0.0265. The third-order valence-corrected chi connectivity index (χ3v) is 5.56. The van der Waals surface area contributed by atoms with Gasteiger partial charge in [-0.25, -0.2) is 0 Å². The maximum Gasteiger partial charge on any atom is 0.304 e. The van der Waals surface area contributed by atoms with Crippen LogP contribution in [0.5, 0.6) is 0 Å². The van der Waals surface area contributed by atoms with E-state index in [1.807, 2.05) is 11.8 Å². The molecular weight excluding hydrogens is 262 g/mol. The topological polar surface area (TPSA) is 49.8 Å². The summed E-state index contributed by atoms with van der Waals surface area (Å²) in [6.45, 7) is 6.18. The second kappa shape index (κ2) is 6.46. The quantitative estimate of drug-likeness (QED) is 0.859. The predicted molar refractivity (Wildman–Crippen MR) is 77.7 cm³/mol. The lowest BCUT2D eigenvalue weighted by Gasteiger charge is -2.46. The van der Waals surface area contributed by atoms with Crippen molar-refractivity contribution >= 4 is 17.7 Å². The second-order valence-corrected chi connectivity index (χ2v) is 7.01. The molecule has 2 aliphatic heterocycles. The molecule has 2 fully saturated rings. The molecule has 0 radical (unpaired) electrons. The summed E-state index contributed by atoms with van der Waals surface area (Å²) in [5.74, 6) is 1.39. The summed E-state index contributed by atoms with van der Waals surface area (Å²) in [5, 5.41) is 9.07. The van der Waals surface area contributed by atoms with Gasteiger partial charge in [0, 0.05) is 36.7 Å². The van der Waals surface area contributed by atoms with Crippen LogP contribution in [0, 0.1) is 0 Å². The number of hydrogen-bond donors (Lipinski definition) is 1. The van der Waals surface area contributed by atoms with Gasteiger partial charge in [0.15, 0.2) is 0 Å². The van der Waals surface area contributed by atoms with E-state index in [0.717, 1.165) is 43.9 Å². The molecule has 2 heterocycles. The zero-order valence-electron chi connectivity index (χ0n) is 11.9. The van der Waals surface area contributed by atoms with Crippen LogP contribution < -0.4 is 0 Å². The molecule has 0 amide bonds. The Kier molecular flexibility index (Phi) is 5.15. The molecule has 0 bridgehead atoms. The molecule has 0 aliphatic carbocycles. The normalized spacial score (nSPS) is 37.2. The average Bonchev–Trinajstić information content (AvgIpc) is 2.39. The Balaban J connectivity index is 2.02. The minimum Gasteiger partial charge on any atom is -0.481 e. The van der Waals surface area contributed by atoms with Gasteiger partial charge in [0.2, 0.25) is 0 Å². The van der Waals surface area contributed by atoms with Crippen LogP contribution >= 0.6 is 11.8 Å². The molecule has 2 aliphatic rings. The fraction of sp³-hybridized carbons (Fsp3) is 0.929. The van der Waals surface area contributed by atoms with E-state index in [2.05, 4.69) is 18.7 Å². The molecule has 0 aromatic carbocycles. The molecule has 0 aromatic heterocycles. The van der Waals surface area contributed by atoms with Crippen LogP contribution in [0.3, 0.4) is 0 Å². The van der Waals surface area contributed by atoms with Gasteiger partial charge in [-0.05, 0) is 26.2 Å². The summed E-state index contributed by atoms with van der Waals surface area (Å²) in [7, 11) is 0. The van der Waals surface area contributed by atoms with Crippen LogP contribution in [0.15, 0.2) is 0 Å². The zero-order chi connectivity index (χ0) is 13.9. The molecule has 1 N–H and O–H groups in total. The summed E-state index contributed by atoms with van der Waals surface area (Å²) in [6, 6.07) is 0.685. The number of carboxylic acid groups (broad SMARTS) is 1. The Bertz CT molecular complexity index is 326. The van der Waals surface area contributed by atoms with E-state index in [1.165, 1.54) is 0 Å². The Morgan fingerprint density at radius 2 is 2.37 bits per heavy atom. The highest BCUT2D eigenvalue weighted by Gasteiger charge is 2.38. The summed E-state index contributed by atoms with van der Waals surface area (Å²) < 4.78 is 5.90. The first-order valence-electron chi connectivity index (χ1n) is 7.23. The highest BCUT2D eigenvalue weighted by atomic mass is 32.2. The highest BCUT2D eigenvalue weighted by Crippen LogP contribution is 2.33. The van der Waals surface area contributed by atoms with Gasteiger partial charge in [0.1, 0.15) is 0 Å². The lowest BCUT2D eigenvalue weighted by atomic mass is 9.88. The first kappa shape index (κ1) is 15.1. The largest absolute Gasteiger partial charge is 0.481 e. The highest BCUT2D eigenvalue weighted by molar-refractivity contribution is 7.99. The third-order valence-electron chi connectivity index (χ3n) is 4.47. The average molecular weight is 287 g/mol. The van der Waals surface area contributed by atoms with E-state index in [1.54, 1.807) is 0 Å². The Labute approximate surface area is 119 Å². The minimum atomic E-state index is -0.678. The van der Waals surface area contributed by atoms with Crippen molar-refractivity contribution in [3.8, 4) is 0 Å². The molecule has 19 heavy (non-hydrogen) atoms. The SMILES string of the molecule is CCC1(C)CC(N2CCSCC2CC(=O)O)CCO1. The van der Waals surface area contributed by atoms with E-state index in [0.29, 0.717) is 6.04 Å². The maximum atomic E-state index is 11.0. The van der Waals surface area contributed by atoms with Crippen molar-refractivity contribution in [2.24, 2.45) is 0 Å². The number of carboxylic acids is 1. The predicted octanol–water partition coefficient (Wildman–Crippen LogP) is 2.23. The van der Waals surface area contributed by atoms with Crippen LogP contribution in [0.2, 0.25) is 0 Å². The van der Waals surface area contributed by atoms with Crippen molar-refractivity contribution in [1.29, 1.82) is 0 Å². The summed E-state index contributed by atoms with van der Waals surface area (Å²) in [6.07, 6.45) is 3.36. The molecule has 5 heteroatoms. The van der Waals surface area contributed by atoms with Gasteiger partial charge in [-0.1, -0.05) is 6.92 Å². The van der Waals surface area contributed by atoms with Gasteiger partial charge in [-0.15, -0.1) is 0 Å². The summed E-state index contributed by atoms with van der Waals surface area (Å²) >= 11 is 1.88. The number of rotatable bonds is 4. The third kappa shape index (κ3) is 3.86. The maximum absolute atomic E-state index is 11.0. The number of aliphatic carboxylic acids is 1. The van der Waals surface area contributed by atoms with Crippen molar-refractivity contribution < 1.29 is 14.6 Å². The number of thioether (sulfide) groups is 1. The molecule has 3 unspecified atom stereocenters. The zero-order valence-corrected chi connectivity index (χ0v) is 12.7. The van der Waals surface area contributed by atoms with Crippen LogP contribution in [0.1, 0.15) is 39.5 Å². The van der Waals surface area contributed by atoms with Crippen LogP contribution in [-0.2, 0) is 9.53 Å². The Hall–Kier alpha value is -0.260. The molecule has 4 nitrogen and oxygen atoms in total. The molecule has 2 rings (SSSR count). The van der Waals surface area contributed by atoms with Gasteiger partial charge in [-0.2, -0.15) is 11.8 Å². The minimum absolute atomic E-state index is 0.0265. The number of nitrogens with zero attached hydrogens (tertiary/aromatic N) is 1. The van der Waals surface area contributed by atoms with E-state index in [9.17, 15) is 4.79 Å². The molecule has 3 atom stereocenters. The van der Waals surface area contributed by atoms with Crippen LogP contribution in [0.4, 0.5) is 0 Å². The number of carbonyl (C=O) groups is 1. The molecular formula is C14H25NO3S. The van der Waals surface area contributed by atoms with E-state index in [-0.39, 0.29) is 18.1 Å². The lowest BCUT2D eigenvalue weighted by molar-refractivity contribution is -0.139. The molecule has 0 saturated carbocycles. The summed E-state index contributed by atoms with van der Waals surface area (Å²) in [4.78, 5) is 13.5. The fourth-order valence-electron chi connectivity index (χ4n) is 3.16. The molecule has 0 aromatic rings. The van der Waals surface area contributed by atoms with E-state index >= 15 is 0 Å². The van der Waals surface area contributed by atoms with Gasteiger partial charge in [0.25, 0.3) is 0 Å². The standard InChI is InChI=1S/C14H25NO3S/c1-3-14(2)9-11(4-6-18-14)15-5-7-19-10-12(15)8-13(16)17/h11-12H,3-10H2,1-2H3,(H,16,17). The fourth-order valence-corrected chi connectivity index (χ4v) is 4.24. The number of ether oxygens (including phenoxy) is 1. The van der Waals surface area contributed by atoms with Crippen LogP contribution in [-0.4, -0.2) is 58.3 Å². The van der Waals surface area contributed by atoms with Crippen molar-refractivity contribution in [1.82, 2.24) is 4.90 Å². The van der Waals surface area contributed by atoms with Crippen molar-refractivity contribution in [3.63, 3.8) is 0 Å². The number of hydrogen-bond acceptors (Lipinski definition) is 4. The van der Waals surface area contributed by atoms with Crippen molar-refractivity contribution in [3.05, 3.63) is 0 Å². The van der Waals surface area contributed by atoms with Gasteiger partial charge in [0.05, 0.1) is 12.0 Å². The first-order chi connectivity index (χ1) is 9.04. The smallest absolute Gasteiger partial charge is 0.304 e. The van der Waals surface area contributed by atoms with Crippen LogP contribution in [0.25, 0.3) is 0 Å². The Morgan fingerprint density at radius 1 is 1.58 bits per heavy atom. The molecule has 0 spiro atoms. The molecule has 2 saturated heterocycles.